The smallest absolute Gasteiger partial charge is 0.255 e. The number of carbonyl (C=O) groups is 3. The van der Waals surface area contributed by atoms with Crippen LogP contribution in [-0.4, -0.2) is 74.6 Å². The Morgan fingerprint density at radius 2 is 1.81 bits per heavy atom. The minimum Gasteiger partial charge on any atom is -0.508 e. The van der Waals surface area contributed by atoms with Crippen molar-refractivity contribution in [2.24, 2.45) is 17.6 Å². The number of aliphatic hydroxyl groups excluding tert-OH is 2. The van der Waals surface area contributed by atoms with Gasteiger partial charge in [-0.15, -0.1) is 0 Å². The number of amides is 1. The molecule has 2 aromatic carbocycles. The van der Waals surface area contributed by atoms with Crippen LogP contribution in [0.5, 0.6) is 5.75 Å². The average molecular weight is 590 g/mol. The summed E-state index contributed by atoms with van der Waals surface area (Å²) in [5.41, 5.74) is 6.37. The highest BCUT2D eigenvalue weighted by Crippen LogP contribution is 2.53. The molecule has 10 nitrogen and oxygen atoms in total. The van der Waals surface area contributed by atoms with Crippen LogP contribution in [0.3, 0.4) is 0 Å². The molecule has 4 unspecified atom stereocenters. The molecule has 10 heteroatoms. The molecular formula is C33H39N3O7. The van der Waals surface area contributed by atoms with Gasteiger partial charge < -0.3 is 31.5 Å². The molecule has 0 radical (unpaired) electrons. The first kappa shape index (κ1) is 30.5. The Hall–Kier alpha value is -3.99. The van der Waals surface area contributed by atoms with Gasteiger partial charge in [0.25, 0.3) is 5.91 Å². The lowest BCUT2D eigenvalue weighted by molar-refractivity contribution is -0.153. The zero-order valence-corrected chi connectivity index (χ0v) is 25.1. The zero-order chi connectivity index (χ0) is 31.5. The van der Waals surface area contributed by atoms with Crippen LogP contribution >= 0.6 is 0 Å². The molecule has 0 aromatic heterocycles. The quantitative estimate of drug-likeness (QED) is 0.266. The van der Waals surface area contributed by atoms with Crippen LogP contribution in [0, 0.1) is 11.8 Å². The number of aryl methyl sites for hydroxylation is 1. The van der Waals surface area contributed by atoms with E-state index in [2.05, 4.69) is 44.3 Å². The molecule has 43 heavy (non-hydrogen) atoms. The van der Waals surface area contributed by atoms with E-state index in [9.17, 15) is 34.8 Å². The summed E-state index contributed by atoms with van der Waals surface area (Å²) in [6.07, 6.45) is 1.02. The molecule has 0 spiro atoms. The predicted molar refractivity (Wildman–Crippen MR) is 161 cm³/mol. The molecule has 1 amide bonds. The summed E-state index contributed by atoms with van der Waals surface area (Å²) < 4.78 is 0. The fourth-order valence-electron chi connectivity index (χ4n) is 7.11. The van der Waals surface area contributed by atoms with Crippen LogP contribution < -0.4 is 11.1 Å². The Morgan fingerprint density at radius 3 is 2.42 bits per heavy atom. The van der Waals surface area contributed by atoms with Crippen molar-refractivity contribution < 1.29 is 34.8 Å². The number of hydrogen-bond acceptors (Lipinski definition) is 9. The number of nitrogens with two attached hydrogens (primary N) is 1. The van der Waals surface area contributed by atoms with Crippen molar-refractivity contribution in [3.8, 4) is 16.9 Å². The predicted octanol–water partition coefficient (Wildman–Crippen LogP) is 2.69. The number of fused-ring (bicyclic) bond motifs is 3. The second kappa shape index (κ2) is 10.9. The van der Waals surface area contributed by atoms with Crippen LogP contribution in [0.1, 0.15) is 49.4 Å². The van der Waals surface area contributed by atoms with Crippen molar-refractivity contribution >= 4 is 23.2 Å². The summed E-state index contributed by atoms with van der Waals surface area (Å²) in [5, 5.41) is 48.8. The highest BCUT2D eigenvalue weighted by Gasteiger charge is 2.64. The number of nitrogens with zero attached hydrogens (tertiary/aromatic N) is 1. The number of aliphatic hydroxyl groups is 3. The standard InChI is InChI=1S/C33H39N3O7/c1-6-17-8-7-16(14-35-15(2)3)11-20(17)19-9-10-23(37)25-21(19)12-18-13-22-27(36(4)5)29(39)26(32(34)42)31(41)33(22,43)30(40)24(18)28(25)38/h7-11,15,18,22,27,35,37-38,41,43H,6,12-14H2,1-5H3,(H2,34,42). The highest BCUT2D eigenvalue weighted by molar-refractivity contribution is 6.24. The summed E-state index contributed by atoms with van der Waals surface area (Å²) in [5.74, 6) is -6.64. The van der Waals surface area contributed by atoms with Crippen molar-refractivity contribution in [2.75, 3.05) is 14.1 Å². The maximum atomic E-state index is 14.1. The third kappa shape index (κ3) is 4.64. The number of ketones is 2. The summed E-state index contributed by atoms with van der Waals surface area (Å²) >= 11 is 0. The molecule has 2 aromatic rings. The van der Waals surface area contributed by atoms with Crippen LogP contribution in [0.25, 0.3) is 16.9 Å². The summed E-state index contributed by atoms with van der Waals surface area (Å²) in [6.45, 7) is 6.85. The van der Waals surface area contributed by atoms with E-state index in [0.717, 1.165) is 28.7 Å². The monoisotopic (exact) mass is 589 g/mol. The Morgan fingerprint density at radius 1 is 1.12 bits per heavy atom. The minimum atomic E-state index is -2.66. The first-order valence-corrected chi connectivity index (χ1v) is 14.6. The molecule has 1 saturated carbocycles. The molecule has 228 valence electrons. The lowest BCUT2D eigenvalue weighted by Gasteiger charge is -2.50. The molecule has 7 N–H and O–H groups in total. The van der Waals surface area contributed by atoms with E-state index < -0.39 is 58.0 Å². The number of likely N-dealkylation sites (N-methyl/N-ethyl adjacent to an activating group) is 1. The van der Waals surface area contributed by atoms with Crippen LogP contribution in [0.4, 0.5) is 0 Å². The number of phenols is 1. The van der Waals surface area contributed by atoms with E-state index in [1.807, 2.05) is 6.07 Å². The topological polar surface area (TPSA) is 173 Å². The van der Waals surface area contributed by atoms with Gasteiger partial charge in [0.15, 0.2) is 11.4 Å². The van der Waals surface area contributed by atoms with Crippen molar-refractivity contribution in [1.29, 1.82) is 0 Å². The fourth-order valence-corrected chi connectivity index (χ4v) is 7.11. The number of benzene rings is 2. The Balaban J connectivity index is 1.70. The average Bonchev–Trinajstić information content (AvgIpc) is 2.93. The van der Waals surface area contributed by atoms with Gasteiger partial charge in [-0.3, -0.25) is 19.3 Å². The molecule has 0 bridgehead atoms. The third-order valence-corrected chi connectivity index (χ3v) is 9.16. The molecule has 0 heterocycles. The number of phenolic OH excluding ortho intramolecular Hbond substituents is 1. The number of Topliss-reactive ketones (excluding diaryl/α,β-unsaturated/α-hetero) is 2. The molecule has 3 aliphatic carbocycles. The van der Waals surface area contributed by atoms with Gasteiger partial charge >= 0.3 is 0 Å². The minimum absolute atomic E-state index is 0.0415. The van der Waals surface area contributed by atoms with E-state index in [0.29, 0.717) is 18.2 Å². The molecule has 0 saturated heterocycles. The van der Waals surface area contributed by atoms with Gasteiger partial charge in [-0.25, -0.2) is 0 Å². The SMILES string of the molecule is CCc1ccc(CNC(C)C)cc1-c1ccc(O)c2c1CC1CC3C(N(C)C)C(=O)C(C(N)=O)=C(O)C3(O)C(=O)C1=C2O. The van der Waals surface area contributed by atoms with E-state index in [1.165, 1.54) is 11.0 Å². The number of carbonyl (C=O) groups excluding carboxylic acids is 3. The van der Waals surface area contributed by atoms with E-state index in [1.54, 1.807) is 14.1 Å². The molecule has 3 aliphatic rings. The van der Waals surface area contributed by atoms with Gasteiger partial charge in [0.2, 0.25) is 5.78 Å². The Labute approximate surface area is 250 Å². The molecule has 5 rings (SSSR count). The van der Waals surface area contributed by atoms with Crippen molar-refractivity contribution in [3.05, 3.63) is 69.5 Å². The fraction of sp³-hybridized carbons (Fsp3) is 0.424. The van der Waals surface area contributed by atoms with Gasteiger partial charge in [-0.05, 0) is 79.2 Å². The van der Waals surface area contributed by atoms with Crippen LogP contribution in [0.2, 0.25) is 0 Å². The second-order valence-electron chi connectivity index (χ2n) is 12.3. The zero-order valence-electron chi connectivity index (χ0n) is 25.1. The third-order valence-electron chi connectivity index (χ3n) is 9.16. The maximum absolute atomic E-state index is 14.1. The van der Waals surface area contributed by atoms with E-state index in [4.69, 9.17) is 5.73 Å². The van der Waals surface area contributed by atoms with E-state index in [-0.39, 0.29) is 29.7 Å². The van der Waals surface area contributed by atoms with Crippen molar-refractivity contribution in [1.82, 2.24) is 10.2 Å². The van der Waals surface area contributed by atoms with E-state index >= 15 is 0 Å². The summed E-state index contributed by atoms with van der Waals surface area (Å²) in [7, 11) is 3.16. The van der Waals surface area contributed by atoms with Gasteiger partial charge in [0, 0.05) is 24.1 Å². The van der Waals surface area contributed by atoms with Crippen molar-refractivity contribution in [3.63, 3.8) is 0 Å². The first-order chi connectivity index (χ1) is 20.2. The summed E-state index contributed by atoms with van der Waals surface area (Å²) in [6, 6.07) is 8.68. The number of primary amides is 1. The number of aromatic hydroxyl groups is 1. The van der Waals surface area contributed by atoms with Gasteiger partial charge in [-0.2, -0.15) is 0 Å². The van der Waals surface area contributed by atoms with Crippen molar-refractivity contribution in [2.45, 2.75) is 64.3 Å². The van der Waals surface area contributed by atoms with Crippen LogP contribution in [0.15, 0.2) is 47.2 Å². The van der Waals surface area contributed by atoms with Crippen LogP contribution in [-0.2, 0) is 33.8 Å². The molecule has 0 aliphatic heterocycles. The number of nitrogens with one attached hydrogen (secondary N) is 1. The highest BCUT2D eigenvalue weighted by atomic mass is 16.3. The number of hydrogen-bond donors (Lipinski definition) is 6. The first-order valence-electron chi connectivity index (χ1n) is 14.6. The van der Waals surface area contributed by atoms with Gasteiger partial charge in [0.1, 0.15) is 22.8 Å². The molecular weight excluding hydrogens is 550 g/mol. The largest absolute Gasteiger partial charge is 0.508 e. The lowest BCUT2D eigenvalue weighted by atomic mass is 9.57. The number of rotatable bonds is 7. The van der Waals surface area contributed by atoms with Gasteiger partial charge in [-0.1, -0.05) is 39.0 Å². The molecule has 1 fully saturated rings. The second-order valence-corrected chi connectivity index (χ2v) is 12.3. The Bertz CT molecular complexity index is 1610. The molecule has 4 atom stereocenters. The maximum Gasteiger partial charge on any atom is 0.255 e. The summed E-state index contributed by atoms with van der Waals surface area (Å²) in [4.78, 5) is 41.1. The van der Waals surface area contributed by atoms with Gasteiger partial charge in [0.05, 0.1) is 11.6 Å². The lowest BCUT2D eigenvalue weighted by Crippen LogP contribution is -2.65. The Kier molecular flexibility index (Phi) is 7.75. The normalized spacial score (nSPS) is 25.3.